The van der Waals surface area contributed by atoms with Crippen LogP contribution in [0.15, 0.2) is 29.3 Å². The number of carbonyl (C=O) groups excluding carboxylic acids is 1. The molecule has 2 heterocycles. The van der Waals surface area contributed by atoms with Crippen molar-refractivity contribution < 1.29 is 9.53 Å². The molecule has 0 bridgehead atoms. The van der Waals surface area contributed by atoms with Crippen LogP contribution >= 0.6 is 35.3 Å². The number of hydrogen-bond donors (Lipinski definition) is 1. The minimum absolute atomic E-state index is 0. The van der Waals surface area contributed by atoms with Crippen LogP contribution in [0.25, 0.3) is 10.2 Å². The fourth-order valence-electron chi connectivity index (χ4n) is 3.42. The molecule has 3 rings (SSSR count). The number of aromatic nitrogens is 1. The molecule has 2 aromatic rings. The van der Waals surface area contributed by atoms with E-state index in [0.29, 0.717) is 13.2 Å². The summed E-state index contributed by atoms with van der Waals surface area (Å²) in [6.45, 7) is 4.73. The van der Waals surface area contributed by atoms with E-state index in [9.17, 15) is 4.79 Å². The van der Waals surface area contributed by atoms with Gasteiger partial charge >= 0.3 is 5.97 Å². The molecule has 0 spiro atoms. The van der Waals surface area contributed by atoms with Crippen molar-refractivity contribution in [2.75, 3.05) is 33.3 Å². The lowest BCUT2D eigenvalue weighted by molar-refractivity contribution is -0.149. The molecule has 28 heavy (non-hydrogen) atoms. The Morgan fingerprint density at radius 2 is 2.25 bits per heavy atom. The summed E-state index contributed by atoms with van der Waals surface area (Å²) >= 11 is 1.77. The lowest BCUT2D eigenvalue weighted by Gasteiger charge is -2.33. The van der Waals surface area contributed by atoms with Crippen molar-refractivity contribution in [3.8, 4) is 0 Å². The smallest absolute Gasteiger partial charge is 0.310 e. The predicted octanol–water partition coefficient (Wildman–Crippen LogP) is 3.70. The predicted molar refractivity (Wildman–Crippen MR) is 126 cm³/mol. The van der Waals surface area contributed by atoms with Gasteiger partial charge in [0.2, 0.25) is 0 Å². The zero-order valence-electron chi connectivity index (χ0n) is 16.5. The highest BCUT2D eigenvalue weighted by atomic mass is 127. The molecule has 0 radical (unpaired) electrons. The number of fused-ring (bicyclic) bond motifs is 1. The van der Waals surface area contributed by atoms with E-state index < -0.39 is 0 Å². The number of esters is 1. The van der Waals surface area contributed by atoms with Gasteiger partial charge in [0, 0.05) is 33.1 Å². The summed E-state index contributed by atoms with van der Waals surface area (Å²) in [5, 5.41) is 4.61. The van der Waals surface area contributed by atoms with Gasteiger partial charge in [-0.3, -0.25) is 9.79 Å². The van der Waals surface area contributed by atoms with Gasteiger partial charge in [0.1, 0.15) is 0 Å². The van der Waals surface area contributed by atoms with Gasteiger partial charge in [-0.15, -0.1) is 35.3 Å². The molecule has 0 saturated carbocycles. The van der Waals surface area contributed by atoms with Crippen LogP contribution in [0.2, 0.25) is 0 Å². The fraction of sp³-hybridized carbons (Fsp3) is 0.550. The Kier molecular flexibility index (Phi) is 9.43. The van der Waals surface area contributed by atoms with E-state index in [1.807, 2.05) is 13.0 Å². The number of ether oxygens (including phenoxy) is 1. The third kappa shape index (κ3) is 6.04. The highest BCUT2D eigenvalue weighted by Crippen LogP contribution is 2.22. The Balaban J connectivity index is 0.00000280. The second-order valence-corrected chi connectivity index (χ2v) is 7.81. The number of piperidine rings is 1. The first-order valence-corrected chi connectivity index (χ1v) is 10.5. The zero-order valence-corrected chi connectivity index (χ0v) is 19.7. The van der Waals surface area contributed by atoms with E-state index in [0.717, 1.165) is 50.2 Å². The topological polar surface area (TPSA) is 66.8 Å². The lowest BCUT2D eigenvalue weighted by Crippen LogP contribution is -2.48. The minimum Gasteiger partial charge on any atom is -0.466 e. The van der Waals surface area contributed by atoms with Crippen molar-refractivity contribution in [2.45, 2.75) is 32.6 Å². The van der Waals surface area contributed by atoms with Crippen LogP contribution < -0.4 is 5.32 Å². The molecule has 1 aliphatic heterocycles. The van der Waals surface area contributed by atoms with Crippen LogP contribution in [0.5, 0.6) is 0 Å². The van der Waals surface area contributed by atoms with Crippen molar-refractivity contribution in [3.05, 3.63) is 29.3 Å². The molecule has 0 aliphatic carbocycles. The lowest BCUT2D eigenvalue weighted by atomic mass is 9.98. The van der Waals surface area contributed by atoms with E-state index in [1.165, 1.54) is 9.71 Å². The SMILES string of the molecule is CCOC(=O)C1CCCN(C(=NC)NCCCc2nc3ccccc3s2)C1.I. The van der Waals surface area contributed by atoms with Crippen LogP contribution in [-0.4, -0.2) is 55.1 Å². The van der Waals surface area contributed by atoms with Crippen LogP contribution in [-0.2, 0) is 16.0 Å². The highest BCUT2D eigenvalue weighted by Gasteiger charge is 2.28. The number of benzene rings is 1. The molecule has 1 fully saturated rings. The van der Waals surface area contributed by atoms with Gasteiger partial charge < -0.3 is 15.0 Å². The second-order valence-electron chi connectivity index (χ2n) is 6.69. The maximum atomic E-state index is 12.0. The normalized spacial score (nSPS) is 17.3. The van der Waals surface area contributed by atoms with Crippen molar-refractivity contribution in [3.63, 3.8) is 0 Å². The van der Waals surface area contributed by atoms with Gasteiger partial charge in [0.15, 0.2) is 5.96 Å². The quantitative estimate of drug-likeness (QED) is 0.209. The molecule has 1 atom stereocenters. The summed E-state index contributed by atoms with van der Waals surface area (Å²) in [4.78, 5) is 23.3. The number of para-hydroxylation sites is 1. The number of likely N-dealkylation sites (tertiary alicyclic amines) is 1. The van der Waals surface area contributed by atoms with Crippen molar-refractivity contribution in [2.24, 2.45) is 10.9 Å². The van der Waals surface area contributed by atoms with Crippen LogP contribution in [0.4, 0.5) is 0 Å². The summed E-state index contributed by atoms with van der Waals surface area (Å²) < 4.78 is 6.43. The number of rotatable bonds is 6. The summed E-state index contributed by atoms with van der Waals surface area (Å²) in [5.41, 5.74) is 1.08. The summed E-state index contributed by atoms with van der Waals surface area (Å²) in [5.74, 6) is 0.724. The summed E-state index contributed by atoms with van der Waals surface area (Å²) in [6.07, 6.45) is 3.82. The molecule has 1 aromatic carbocycles. The molecule has 1 N–H and O–H groups in total. The first-order valence-electron chi connectivity index (χ1n) is 9.68. The maximum Gasteiger partial charge on any atom is 0.310 e. The molecule has 8 heteroatoms. The summed E-state index contributed by atoms with van der Waals surface area (Å²) in [6, 6.07) is 8.26. The fourth-order valence-corrected chi connectivity index (χ4v) is 4.43. The number of nitrogens with one attached hydrogen (secondary N) is 1. The molecule has 6 nitrogen and oxygen atoms in total. The van der Waals surface area contributed by atoms with Gasteiger partial charge in [0.25, 0.3) is 0 Å². The van der Waals surface area contributed by atoms with Crippen molar-refractivity contribution in [1.82, 2.24) is 15.2 Å². The number of carbonyl (C=O) groups is 1. The number of thiazole rings is 1. The van der Waals surface area contributed by atoms with Crippen molar-refractivity contribution >= 4 is 57.5 Å². The number of halogens is 1. The number of guanidine groups is 1. The van der Waals surface area contributed by atoms with Gasteiger partial charge in [-0.1, -0.05) is 12.1 Å². The summed E-state index contributed by atoms with van der Waals surface area (Å²) in [7, 11) is 1.80. The Morgan fingerprint density at radius 3 is 3.00 bits per heavy atom. The molecule has 1 saturated heterocycles. The largest absolute Gasteiger partial charge is 0.466 e. The van der Waals surface area contributed by atoms with Gasteiger partial charge in [0.05, 0.1) is 27.7 Å². The van der Waals surface area contributed by atoms with E-state index in [-0.39, 0.29) is 35.9 Å². The third-order valence-electron chi connectivity index (χ3n) is 4.74. The van der Waals surface area contributed by atoms with E-state index in [4.69, 9.17) is 4.74 Å². The molecular weight excluding hydrogens is 487 g/mol. The zero-order chi connectivity index (χ0) is 19.1. The molecule has 154 valence electrons. The minimum atomic E-state index is -0.0894. The van der Waals surface area contributed by atoms with Crippen molar-refractivity contribution in [1.29, 1.82) is 0 Å². The van der Waals surface area contributed by atoms with Crippen LogP contribution in [0.3, 0.4) is 0 Å². The first-order chi connectivity index (χ1) is 13.2. The highest BCUT2D eigenvalue weighted by molar-refractivity contribution is 14.0. The molecule has 1 aromatic heterocycles. The van der Waals surface area contributed by atoms with Crippen LogP contribution in [0, 0.1) is 5.92 Å². The van der Waals surface area contributed by atoms with E-state index >= 15 is 0 Å². The molecule has 1 unspecified atom stereocenters. The Hall–Kier alpha value is -1.42. The standard InChI is InChI=1S/C20H28N4O2S.HI/c1-3-26-19(25)15-8-7-13-24(14-15)20(21-2)22-12-6-11-18-23-16-9-4-5-10-17(16)27-18;/h4-5,9-10,15H,3,6-8,11-14H2,1-2H3,(H,21,22);1H. The number of aryl methyl sites for hydroxylation is 1. The Morgan fingerprint density at radius 1 is 1.43 bits per heavy atom. The maximum absolute atomic E-state index is 12.0. The average Bonchev–Trinajstić information content (AvgIpc) is 3.11. The first kappa shape index (κ1) is 22.9. The average molecular weight is 516 g/mol. The van der Waals surface area contributed by atoms with Gasteiger partial charge in [-0.05, 0) is 38.3 Å². The third-order valence-corrected chi connectivity index (χ3v) is 5.84. The van der Waals surface area contributed by atoms with Gasteiger partial charge in [-0.25, -0.2) is 4.98 Å². The Bertz CT molecular complexity index is 762. The van der Waals surface area contributed by atoms with Gasteiger partial charge in [-0.2, -0.15) is 0 Å². The molecular formula is C20H29IN4O2S. The van der Waals surface area contributed by atoms with Crippen LogP contribution in [0.1, 0.15) is 31.2 Å². The van der Waals surface area contributed by atoms with E-state index in [1.54, 1.807) is 18.4 Å². The number of aliphatic imine (C=N–C) groups is 1. The second kappa shape index (κ2) is 11.5. The van der Waals surface area contributed by atoms with E-state index in [2.05, 4.69) is 38.4 Å². The number of nitrogens with zero attached hydrogens (tertiary/aromatic N) is 3. The molecule has 1 aliphatic rings. The monoisotopic (exact) mass is 516 g/mol. The molecule has 0 amide bonds. The Labute approximate surface area is 187 Å². The number of hydrogen-bond acceptors (Lipinski definition) is 5.